The molecule has 0 radical (unpaired) electrons. The van der Waals surface area contributed by atoms with Gasteiger partial charge in [0.2, 0.25) is 0 Å². The van der Waals surface area contributed by atoms with Gasteiger partial charge in [0, 0.05) is 16.8 Å². The highest BCUT2D eigenvalue weighted by Crippen LogP contribution is 2.43. The third-order valence-electron chi connectivity index (χ3n) is 3.42. The van der Waals surface area contributed by atoms with Gasteiger partial charge < -0.3 is 15.4 Å². The Labute approximate surface area is 124 Å². The van der Waals surface area contributed by atoms with Crippen LogP contribution in [0.5, 0.6) is 0 Å². The molecular weight excluding hydrogens is 285 g/mol. The van der Waals surface area contributed by atoms with Crippen LogP contribution < -0.4 is 16.3 Å². The fraction of sp³-hybridized carbons (Fsp3) is 0.188. The zero-order chi connectivity index (χ0) is 15.3. The average Bonchev–Trinajstić information content (AvgIpc) is 2.53. The minimum absolute atomic E-state index is 0.177. The normalized spacial score (nSPS) is 12.8. The molecule has 21 heavy (non-hydrogen) atoms. The molecule has 5 heteroatoms. The summed E-state index contributed by atoms with van der Waals surface area (Å²) in [6.07, 6.45) is 0.422. The first-order valence-corrected chi connectivity index (χ1v) is 8.62. The summed E-state index contributed by atoms with van der Waals surface area (Å²) in [5.74, 6) is -1.07. The molecule has 0 heterocycles. The van der Waals surface area contributed by atoms with Crippen molar-refractivity contribution >= 4 is 23.7 Å². The predicted octanol–water partition coefficient (Wildman–Crippen LogP) is 1.80. The van der Waals surface area contributed by atoms with Crippen LogP contribution in [0.25, 0.3) is 0 Å². The number of carboxylic acids is 1. The monoisotopic (exact) mass is 303 g/mol. The molecule has 3 N–H and O–H groups in total. The minimum Gasteiger partial charge on any atom is -0.480 e. The Morgan fingerprint density at radius 2 is 1.43 bits per heavy atom. The number of hydrogen-bond donors (Lipinski definition) is 2. The van der Waals surface area contributed by atoms with E-state index >= 15 is 0 Å². The fourth-order valence-electron chi connectivity index (χ4n) is 2.19. The standard InChI is InChI=1S/C16H18NO3P/c17-15(16(18)19)11-12-21(20,13-7-3-1-4-8-13)14-9-5-2-6-10-14/h1-10,15H,11-12,17H2,(H,18,19). The molecule has 0 aromatic heterocycles. The molecule has 0 aliphatic carbocycles. The number of rotatable bonds is 6. The number of nitrogens with two attached hydrogens (primary N) is 1. The highest BCUT2D eigenvalue weighted by Gasteiger charge is 2.28. The molecular formula is C16H18NO3P. The molecule has 0 amide bonds. The fourth-order valence-corrected chi connectivity index (χ4v) is 4.95. The topological polar surface area (TPSA) is 80.4 Å². The van der Waals surface area contributed by atoms with Crippen molar-refractivity contribution in [1.29, 1.82) is 0 Å². The van der Waals surface area contributed by atoms with Crippen molar-refractivity contribution in [2.75, 3.05) is 6.16 Å². The molecule has 0 saturated heterocycles. The lowest BCUT2D eigenvalue weighted by molar-refractivity contribution is -0.138. The summed E-state index contributed by atoms with van der Waals surface area (Å²) >= 11 is 0. The van der Waals surface area contributed by atoms with Crippen LogP contribution in [0.4, 0.5) is 0 Å². The summed E-state index contributed by atoms with van der Waals surface area (Å²) < 4.78 is 13.5. The van der Waals surface area contributed by atoms with Crippen molar-refractivity contribution < 1.29 is 14.5 Å². The Balaban J connectivity index is 2.36. The quantitative estimate of drug-likeness (QED) is 0.797. The van der Waals surface area contributed by atoms with E-state index in [0.717, 1.165) is 10.6 Å². The van der Waals surface area contributed by atoms with Crippen LogP contribution >= 0.6 is 7.14 Å². The number of hydrogen-bond acceptors (Lipinski definition) is 3. The molecule has 110 valence electrons. The van der Waals surface area contributed by atoms with Gasteiger partial charge in [-0.1, -0.05) is 60.7 Å². The first-order chi connectivity index (χ1) is 10.0. The molecule has 1 atom stereocenters. The van der Waals surface area contributed by atoms with E-state index in [9.17, 15) is 9.36 Å². The maximum atomic E-state index is 13.5. The van der Waals surface area contributed by atoms with Crippen LogP contribution in [-0.4, -0.2) is 23.3 Å². The largest absolute Gasteiger partial charge is 0.480 e. The lowest BCUT2D eigenvalue weighted by Crippen LogP contribution is -2.32. The Morgan fingerprint density at radius 3 is 1.81 bits per heavy atom. The average molecular weight is 303 g/mol. The summed E-state index contributed by atoms with van der Waals surface area (Å²) in [6.45, 7) is 0. The van der Waals surface area contributed by atoms with Gasteiger partial charge in [0.1, 0.15) is 13.2 Å². The lowest BCUT2D eigenvalue weighted by Gasteiger charge is -2.20. The van der Waals surface area contributed by atoms with Gasteiger partial charge in [-0.3, -0.25) is 4.79 Å². The smallest absolute Gasteiger partial charge is 0.320 e. The second-order valence-electron chi connectivity index (χ2n) is 4.87. The van der Waals surface area contributed by atoms with Gasteiger partial charge in [-0.25, -0.2) is 0 Å². The van der Waals surface area contributed by atoms with Gasteiger partial charge in [0.05, 0.1) is 0 Å². The van der Waals surface area contributed by atoms with E-state index in [0.29, 0.717) is 0 Å². The van der Waals surface area contributed by atoms with Crippen molar-refractivity contribution in [3.8, 4) is 0 Å². The summed E-state index contributed by atoms with van der Waals surface area (Å²) in [5, 5.41) is 10.4. The number of carboxylic acid groups (broad SMARTS) is 1. The van der Waals surface area contributed by atoms with Crippen LogP contribution in [0.15, 0.2) is 60.7 Å². The van der Waals surface area contributed by atoms with Crippen molar-refractivity contribution in [1.82, 2.24) is 0 Å². The summed E-state index contributed by atoms with van der Waals surface area (Å²) in [4.78, 5) is 10.9. The first-order valence-electron chi connectivity index (χ1n) is 6.73. The highest BCUT2D eigenvalue weighted by molar-refractivity contribution is 7.78. The van der Waals surface area contributed by atoms with Crippen LogP contribution in [0, 0.1) is 0 Å². The maximum absolute atomic E-state index is 13.5. The molecule has 0 aliphatic rings. The Hall–Kier alpha value is -1.90. The third kappa shape index (κ3) is 3.60. The number of aliphatic carboxylic acids is 1. The van der Waals surface area contributed by atoms with Gasteiger partial charge in [0.25, 0.3) is 0 Å². The van der Waals surface area contributed by atoms with Gasteiger partial charge in [-0.15, -0.1) is 0 Å². The molecule has 0 saturated carbocycles. The van der Waals surface area contributed by atoms with E-state index < -0.39 is 19.2 Å². The summed E-state index contributed by atoms with van der Waals surface area (Å²) in [6, 6.07) is 17.4. The van der Waals surface area contributed by atoms with Gasteiger partial charge in [0.15, 0.2) is 0 Å². The molecule has 2 aromatic rings. The SMILES string of the molecule is NC(CCP(=O)(c1ccccc1)c1ccccc1)C(=O)O. The van der Waals surface area contributed by atoms with Gasteiger partial charge in [-0.05, 0) is 6.42 Å². The van der Waals surface area contributed by atoms with Gasteiger partial charge in [-0.2, -0.15) is 0 Å². The highest BCUT2D eigenvalue weighted by atomic mass is 31.2. The van der Waals surface area contributed by atoms with Crippen molar-refractivity contribution in [3.63, 3.8) is 0 Å². The van der Waals surface area contributed by atoms with Crippen LogP contribution in [0.1, 0.15) is 6.42 Å². The van der Waals surface area contributed by atoms with E-state index in [2.05, 4.69) is 0 Å². The maximum Gasteiger partial charge on any atom is 0.320 e. The Bertz CT molecular complexity index is 600. The predicted molar refractivity (Wildman–Crippen MR) is 84.9 cm³/mol. The van der Waals surface area contributed by atoms with Crippen LogP contribution in [0.3, 0.4) is 0 Å². The van der Waals surface area contributed by atoms with Crippen LogP contribution in [-0.2, 0) is 9.36 Å². The van der Waals surface area contributed by atoms with Gasteiger partial charge >= 0.3 is 5.97 Å². The minimum atomic E-state index is -2.86. The lowest BCUT2D eigenvalue weighted by atomic mass is 10.2. The molecule has 0 fully saturated rings. The molecule has 2 rings (SSSR count). The van der Waals surface area contributed by atoms with E-state index in [-0.39, 0.29) is 12.6 Å². The second-order valence-corrected chi connectivity index (χ2v) is 7.83. The van der Waals surface area contributed by atoms with Crippen molar-refractivity contribution in [3.05, 3.63) is 60.7 Å². The van der Waals surface area contributed by atoms with E-state index in [1.807, 2.05) is 60.7 Å². The number of benzene rings is 2. The second kappa shape index (κ2) is 6.70. The van der Waals surface area contributed by atoms with Crippen molar-refractivity contribution in [2.24, 2.45) is 5.73 Å². The van der Waals surface area contributed by atoms with E-state index in [4.69, 9.17) is 10.8 Å². The third-order valence-corrected chi connectivity index (χ3v) is 6.57. The van der Waals surface area contributed by atoms with Crippen LogP contribution in [0.2, 0.25) is 0 Å². The number of carbonyl (C=O) groups is 1. The molecule has 4 nitrogen and oxygen atoms in total. The Morgan fingerprint density at radius 1 is 1.00 bits per heavy atom. The van der Waals surface area contributed by atoms with Crippen molar-refractivity contribution in [2.45, 2.75) is 12.5 Å². The molecule has 0 aliphatic heterocycles. The van der Waals surface area contributed by atoms with E-state index in [1.165, 1.54) is 0 Å². The van der Waals surface area contributed by atoms with E-state index in [1.54, 1.807) is 0 Å². The molecule has 1 unspecified atom stereocenters. The zero-order valence-corrected chi connectivity index (χ0v) is 12.4. The molecule has 0 bridgehead atoms. The molecule has 0 spiro atoms. The molecule has 2 aromatic carbocycles. The summed E-state index contributed by atoms with van der Waals surface area (Å²) in [7, 11) is -2.86. The first kappa shape index (κ1) is 15.5. The summed E-state index contributed by atoms with van der Waals surface area (Å²) in [5.41, 5.74) is 5.56. The zero-order valence-electron chi connectivity index (χ0n) is 11.6. The Kier molecular flexibility index (Phi) is 4.94.